The summed E-state index contributed by atoms with van der Waals surface area (Å²) in [5.74, 6) is 0.865. The van der Waals surface area contributed by atoms with Crippen LogP contribution in [0.4, 0.5) is 5.95 Å². The highest BCUT2D eigenvalue weighted by molar-refractivity contribution is 6.02. The van der Waals surface area contributed by atoms with E-state index in [1.54, 1.807) is 11.8 Å². The van der Waals surface area contributed by atoms with Crippen LogP contribution >= 0.6 is 0 Å². The molecule has 2 heterocycles. The van der Waals surface area contributed by atoms with Crippen molar-refractivity contribution in [3.8, 4) is 5.75 Å². The Hall–Kier alpha value is -3.61. The molecule has 1 aromatic heterocycles. The number of benzene rings is 2. The van der Waals surface area contributed by atoms with Crippen molar-refractivity contribution in [1.29, 1.82) is 0 Å². The van der Waals surface area contributed by atoms with E-state index in [4.69, 9.17) is 9.47 Å². The Morgan fingerprint density at radius 1 is 1.07 bits per heavy atom. The first-order valence-electron chi connectivity index (χ1n) is 8.41. The molecule has 1 atom stereocenters. The van der Waals surface area contributed by atoms with Crippen molar-refractivity contribution < 1.29 is 14.3 Å². The van der Waals surface area contributed by atoms with Crippen LogP contribution < -0.4 is 10.1 Å². The maximum atomic E-state index is 12.8. The molecule has 1 aliphatic rings. The summed E-state index contributed by atoms with van der Waals surface area (Å²) in [6, 6.07) is 16.7. The van der Waals surface area contributed by atoms with E-state index in [0.717, 1.165) is 16.9 Å². The molecule has 0 bridgehead atoms. The minimum absolute atomic E-state index is 0.427. The fourth-order valence-electron chi connectivity index (χ4n) is 3.22. The van der Waals surface area contributed by atoms with Crippen LogP contribution in [0.5, 0.6) is 5.75 Å². The van der Waals surface area contributed by atoms with E-state index in [9.17, 15) is 4.79 Å². The van der Waals surface area contributed by atoms with E-state index in [0.29, 0.717) is 17.2 Å². The molecular formula is C20H18N4O3. The van der Waals surface area contributed by atoms with Gasteiger partial charge in [-0.15, -0.1) is 0 Å². The second-order valence-corrected chi connectivity index (χ2v) is 5.98. The standard InChI is InChI=1S/C20H18N4O3/c1-26-15-10-8-14(9-11-15)18-16(19(25)27-2)17(13-6-4-3-5-7-13)23-20-21-12-22-24(18)20/h3-12,18H,1-2H3,(H,21,22,23)/t18-/m0/s1. The molecule has 7 heteroatoms. The van der Waals surface area contributed by atoms with Crippen LogP contribution in [0.3, 0.4) is 0 Å². The Kier molecular flexibility index (Phi) is 4.33. The number of nitrogens with zero attached hydrogens (tertiary/aromatic N) is 3. The average Bonchev–Trinajstić information content (AvgIpc) is 3.21. The van der Waals surface area contributed by atoms with Crippen molar-refractivity contribution in [2.45, 2.75) is 6.04 Å². The maximum Gasteiger partial charge on any atom is 0.338 e. The molecule has 1 N–H and O–H groups in total. The highest BCUT2D eigenvalue weighted by Crippen LogP contribution is 2.38. The Morgan fingerprint density at radius 3 is 2.48 bits per heavy atom. The number of esters is 1. The van der Waals surface area contributed by atoms with Crippen LogP contribution in [0.2, 0.25) is 0 Å². The number of ether oxygens (including phenoxy) is 2. The van der Waals surface area contributed by atoms with Gasteiger partial charge in [0.1, 0.15) is 18.1 Å². The van der Waals surface area contributed by atoms with Crippen molar-refractivity contribution in [2.24, 2.45) is 0 Å². The predicted octanol–water partition coefficient (Wildman–Crippen LogP) is 2.89. The van der Waals surface area contributed by atoms with Gasteiger partial charge in [0, 0.05) is 0 Å². The van der Waals surface area contributed by atoms with Gasteiger partial charge in [-0.25, -0.2) is 9.48 Å². The minimum atomic E-state index is -0.475. The van der Waals surface area contributed by atoms with Gasteiger partial charge >= 0.3 is 5.97 Å². The van der Waals surface area contributed by atoms with Crippen molar-refractivity contribution in [3.05, 3.63) is 77.6 Å². The zero-order valence-corrected chi connectivity index (χ0v) is 14.9. The van der Waals surface area contributed by atoms with E-state index in [1.807, 2.05) is 54.6 Å². The quantitative estimate of drug-likeness (QED) is 0.719. The third-order valence-electron chi connectivity index (χ3n) is 4.50. The van der Waals surface area contributed by atoms with Crippen LogP contribution in [0.1, 0.15) is 17.2 Å². The first-order chi connectivity index (χ1) is 13.2. The molecule has 4 rings (SSSR count). The normalized spacial score (nSPS) is 15.7. The van der Waals surface area contributed by atoms with Gasteiger partial charge in [-0.2, -0.15) is 10.1 Å². The number of hydrogen-bond acceptors (Lipinski definition) is 6. The molecule has 0 radical (unpaired) electrons. The second-order valence-electron chi connectivity index (χ2n) is 5.98. The average molecular weight is 362 g/mol. The number of methoxy groups -OCH3 is 2. The number of nitrogens with one attached hydrogen (secondary N) is 1. The lowest BCUT2D eigenvalue weighted by Gasteiger charge is -2.29. The minimum Gasteiger partial charge on any atom is -0.497 e. The number of carbonyl (C=O) groups is 1. The molecule has 0 fully saturated rings. The van der Waals surface area contributed by atoms with Crippen molar-refractivity contribution in [3.63, 3.8) is 0 Å². The van der Waals surface area contributed by atoms with Gasteiger partial charge in [-0.05, 0) is 23.3 Å². The molecule has 27 heavy (non-hydrogen) atoms. The number of rotatable bonds is 4. The summed E-state index contributed by atoms with van der Waals surface area (Å²) >= 11 is 0. The lowest BCUT2D eigenvalue weighted by molar-refractivity contribution is -0.136. The molecule has 0 aliphatic carbocycles. The van der Waals surface area contributed by atoms with Gasteiger partial charge in [0.25, 0.3) is 0 Å². The molecule has 3 aromatic rings. The topological polar surface area (TPSA) is 78.3 Å². The van der Waals surface area contributed by atoms with E-state index >= 15 is 0 Å². The van der Waals surface area contributed by atoms with Crippen LogP contribution in [0.15, 0.2) is 66.5 Å². The molecular weight excluding hydrogens is 344 g/mol. The molecule has 0 saturated carbocycles. The van der Waals surface area contributed by atoms with Gasteiger partial charge in [0.15, 0.2) is 0 Å². The summed E-state index contributed by atoms with van der Waals surface area (Å²) in [6.45, 7) is 0. The Labute approximate surface area is 156 Å². The zero-order valence-electron chi connectivity index (χ0n) is 14.9. The van der Waals surface area contributed by atoms with Crippen LogP contribution in [-0.4, -0.2) is 35.0 Å². The lowest BCUT2D eigenvalue weighted by Crippen LogP contribution is -2.29. The van der Waals surface area contributed by atoms with Crippen LogP contribution in [0.25, 0.3) is 5.70 Å². The Balaban J connectivity index is 1.94. The number of hydrogen-bond donors (Lipinski definition) is 1. The number of aromatic nitrogens is 3. The highest BCUT2D eigenvalue weighted by atomic mass is 16.5. The summed E-state index contributed by atoms with van der Waals surface area (Å²) in [6.07, 6.45) is 1.46. The SMILES string of the molecule is COC(=O)C1=C(c2ccccc2)Nc2ncnn2[C@H]1c1ccc(OC)cc1. The third kappa shape index (κ3) is 2.93. The van der Waals surface area contributed by atoms with Crippen molar-refractivity contribution in [2.75, 3.05) is 19.5 Å². The molecule has 7 nitrogen and oxygen atoms in total. The first-order valence-corrected chi connectivity index (χ1v) is 8.41. The van der Waals surface area contributed by atoms with E-state index < -0.39 is 12.0 Å². The maximum absolute atomic E-state index is 12.8. The van der Waals surface area contributed by atoms with Crippen molar-refractivity contribution >= 4 is 17.6 Å². The molecule has 136 valence electrons. The fraction of sp³-hybridized carbons (Fsp3) is 0.150. The first kappa shape index (κ1) is 16.8. The van der Waals surface area contributed by atoms with Gasteiger partial charge < -0.3 is 14.8 Å². The predicted molar refractivity (Wildman–Crippen MR) is 100 cm³/mol. The Morgan fingerprint density at radius 2 is 1.81 bits per heavy atom. The zero-order chi connectivity index (χ0) is 18.8. The molecule has 0 amide bonds. The summed E-state index contributed by atoms with van der Waals surface area (Å²) in [7, 11) is 2.99. The van der Waals surface area contributed by atoms with E-state index in [2.05, 4.69) is 15.4 Å². The summed E-state index contributed by atoms with van der Waals surface area (Å²) in [5, 5.41) is 7.55. The lowest BCUT2D eigenvalue weighted by atomic mass is 9.93. The highest BCUT2D eigenvalue weighted by Gasteiger charge is 2.35. The molecule has 2 aromatic carbocycles. The summed E-state index contributed by atoms with van der Waals surface area (Å²) in [4.78, 5) is 17.1. The number of fused-ring (bicyclic) bond motifs is 1. The second kappa shape index (κ2) is 6.95. The summed E-state index contributed by atoms with van der Waals surface area (Å²) in [5.41, 5.74) is 2.86. The smallest absolute Gasteiger partial charge is 0.338 e. The molecule has 0 saturated heterocycles. The van der Waals surface area contributed by atoms with E-state index in [1.165, 1.54) is 13.4 Å². The molecule has 0 spiro atoms. The monoisotopic (exact) mass is 362 g/mol. The van der Waals surface area contributed by atoms with Crippen molar-refractivity contribution in [1.82, 2.24) is 14.8 Å². The third-order valence-corrected chi connectivity index (χ3v) is 4.50. The number of carbonyl (C=O) groups excluding carboxylic acids is 1. The summed E-state index contributed by atoms with van der Waals surface area (Å²) < 4.78 is 12.0. The number of anilines is 1. The van der Waals surface area contributed by atoms with Crippen LogP contribution in [0, 0.1) is 0 Å². The fourth-order valence-corrected chi connectivity index (χ4v) is 3.22. The van der Waals surface area contributed by atoms with Crippen LogP contribution in [-0.2, 0) is 9.53 Å². The van der Waals surface area contributed by atoms with Gasteiger partial charge in [0.2, 0.25) is 5.95 Å². The largest absolute Gasteiger partial charge is 0.497 e. The van der Waals surface area contributed by atoms with Gasteiger partial charge in [0.05, 0.1) is 25.5 Å². The van der Waals surface area contributed by atoms with Gasteiger partial charge in [-0.3, -0.25) is 0 Å². The molecule has 0 unspecified atom stereocenters. The Bertz CT molecular complexity index is 994. The molecule has 1 aliphatic heterocycles. The van der Waals surface area contributed by atoms with E-state index in [-0.39, 0.29) is 0 Å². The van der Waals surface area contributed by atoms with Gasteiger partial charge in [-0.1, -0.05) is 42.5 Å².